The number of rotatable bonds is 4. The third-order valence-corrected chi connectivity index (χ3v) is 2.47. The molecule has 7 nitrogen and oxygen atoms in total. The molecule has 1 rings (SSSR count). The molecule has 1 atom stereocenters. The van der Waals surface area contributed by atoms with Gasteiger partial charge in [-0.3, -0.25) is 14.5 Å². The summed E-state index contributed by atoms with van der Waals surface area (Å²) in [4.78, 5) is 35.2. The van der Waals surface area contributed by atoms with Crippen LogP contribution >= 0.6 is 0 Å². The molecule has 7 heteroatoms. The number of piperazine rings is 1. The van der Waals surface area contributed by atoms with Crippen LogP contribution in [0.3, 0.4) is 0 Å². The van der Waals surface area contributed by atoms with E-state index in [1.165, 1.54) is 4.90 Å². The van der Waals surface area contributed by atoms with Crippen LogP contribution in [-0.2, 0) is 14.3 Å². The minimum atomic E-state index is -1.13. The highest BCUT2D eigenvalue weighted by Crippen LogP contribution is 2.11. The highest BCUT2D eigenvalue weighted by atomic mass is 16.6. The van der Waals surface area contributed by atoms with Gasteiger partial charge in [-0.2, -0.15) is 0 Å². The Kier molecular flexibility index (Phi) is 4.94. The molecule has 0 aromatic rings. The average molecular weight is 258 g/mol. The highest BCUT2D eigenvalue weighted by molar-refractivity contribution is 5.90. The molecular formula is C11H18N2O5. The lowest BCUT2D eigenvalue weighted by atomic mass is 10.1. The van der Waals surface area contributed by atoms with E-state index in [4.69, 9.17) is 9.84 Å². The van der Waals surface area contributed by atoms with E-state index < -0.39 is 30.4 Å². The minimum Gasteiger partial charge on any atom is -0.481 e. The zero-order valence-corrected chi connectivity index (χ0v) is 10.5. The molecule has 0 aromatic heterocycles. The molecule has 0 saturated carbocycles. The van der Waals surface area contributed by atoms with Crippen LogP contribution in [0.2, 0.25) is 0 Å². The topological polar surface area (TPSA) is 95.9 Å². The number of hydrogen-bond donors (Lipinski definition) is 2. The van der Waals surface area contributed by atoms with Crippen LogP contribution in [0.1, 0.15) is 20.3 Å². The number of amides is 2. The van der Waals surface area contributed by atoms with Crippen molar-refractivity contribution in [2.45, 2.75) is 26.3 Å². The SMILES string of the molecule is CC(C)COC(=O)N1CCNC(=O)C1CC(=O)O. The zero-order chi connectivity index (χ0) is 13.7. The molecule has 0 bridgehead atoms. The second-order valence-corrected chi connectivity index (χ2v) is 4.57. The van der Waals surface area contributed by atoms with Crippen molar-refractivity contribution in [2.75, 3.05) is 19.7 Å². The average Bonchev–Trinajstić information content (AvgIpc) is 2.28. The molecule has 2 N–H and O–H groups in total. The lowest BCUT2D eigenvalue weighted by molar-refractivity contribution is -0.142. The van der Waals surface area contributed by atoms with E-state index in [0.29, 0.717) is 6.54 Å². The molecule has 1 saturated heterocycles. The molecule has 1 aliphatic heterocycles. The maximum atomic E-state index is 11.8. The number of ether oxygens (including phenoxy) is 1. The van der Waals surface area contributed by atoms with E-state index in [1.807, 2.05) is 13.8 Å². The maximum absolute atomic E-state index is 11.8. The van der Waals surface area contributed by atoms with Crippen molar-refractivity contribution in [2.24, 2.45) is 5.92 Å². The van der Waals surface area contributed by atoms with Gasteiger partial charge in [0.15, 0.2) is 0 Å². The van der Waals surface area contributed by atoms with Crippen LogP contribution in [0.15, 0.2) is 0 Å². The first kappa shape index (κ1) is 14.3. The molecule has 1 heterocycles. The molecular weight excluding hydrogens is 240 g/mol. The summed E-state index contributed by atoms with van der Waals surface area (Å²) in [6.07, 6.45) is -1.05. The highest BCUT2D eigenvalue weighted by Gasteiger charge is 2.35. The van der Waals surface area contributed by atoms with Crippen LogP contribution in [0, 0.1) is 5.92 Å². The molecule has 0 aromatic carbocycles. The molecule has 18 heavy (non-hydrogen) atoms. The van der Waals surface area contributed by atoms with Crippen LogP contribution < -0.4 is 5.32 Å². The molecule has 1 unspecified atom stereocenters. The van der Waals surface area contributed by atoms with E-state index in [1.54, 1.807) is 0 Å². The molecule has 0 radical (unpaired) electrons. The number of nitrogens with zero attached hydrogens (tertiary/aromatic N) is 1. The largest absolute Gasteiger partial charge is 0.481 e. The fraction of sp³-hybridized carbons (Fsp3) is 0.727. The smallest absolute Gasteiger partial charge is 0.410 e. The van der Waals surface area contributed by atoms with Gasteiger partial charge in [0.05, 0.1) is 13.0 Å². The van der Waals surface area contributed by atoms with Crippen molar-refractivity contribution in [1.82, 2.24) is 10.2 Å². The van der Waals surface area contributed by atoms with Crippen molar-refractivity contribution in [3.8, 4) is 0 Å². The summed E-state index contributed by atoms with van der Waals surface area (Å²) in [5, 5.41) is 11.3. The van der Waals surface area contributed by atoms with Gasteiger partial charge in [-0.15, -0.1) is 0 Å². The van der Waals surface area contributed by atoms with Gasteiger partial charge in [0.25, 0.3) is 0 Å². The summed E-state index contributed by atoms with van der Waals surface area (Å²) in [6.45, 7) is 4.61. The van der Waals surface area contributed by atoms with Crippen molar-refractivity contribution >= 4 is 18.0 Å². The van der Waals surface area contributed by atoms with Gasteiger partial charge in [-0.1, -0.05) is 13.8 Å². The Balaban J connectivity index is 2.66. The van der Waals surface area contributed by atoms with Crippen LogP contribution in [0.4, 0.5) is 4.79 Å². The molecule has 0 aliphatic carbocycles. The van der Waals surface area contributed by atoms with Gasteiger partial charge in [-0.25, -0.2) is 4.79 Å². The lowest BCUT2D eigenvalue weighted by Crippen LogP contribution is -2.58. The standard InChI is InChI=1S/C11H18N2O5/c1-7(2)6-18-11(17)13-4-3-12-10(16)8(13)5-9(14)15/h7-8H,3-6H2,1-2H3,(H,12,16)(H,14,15). The summed E-state index contributed by atoms with van der Waals surface area (Å²) >= 11 is 0. The number of carboxylic acids is 1. The predicted molar refractivity (Wildman–Crippen MR) is 61.9 cm³/mol. The van der Waals surface area contributed by atoms with Gasteiger partial charge in [-0.05, 0) is 5.92 Å². The van der Waals surface area contributed by atoms with Gasteiger partial charge in [0, 0.05) is 13.1 Å². The second kappa shape index (κ2) is 6.23. The first-order valence-corrected chi connectivity index (χ1v) is 5.84. The number of carboxylic acid groups (broad SMARTS) is 1. The number of aliphatic carboxylic acids is 1. The number of hydrogen-bond acceptors (Lipinski definition) is 4. The Hall–Kier alpha value is -1.79. The maximum Gasteiger partial charge on any atom is 0.410 e. The zero-order valence-electron chi connectivity index (χ0n) is 10.5. The van der Waals surface area contributed by atoms with Crippen molar-refractivity contribution < 1.29 is 24.2 Å². The first-order chi connectivity index (χ1) is 8.41. The molecule has 0 spiro atoms. The summed E-state index contributed by atoms with van der Waals surface area (Å²) in [7, 11) is 0. The summed E-state index contributed by atoms with van der Waals surface area (Å²) < 4.78 is 5.02. The Morgan fingerprint density at radius 1 is 1.56 bits per heavy atom. The molecule has 1 aliphatic rings. The monoisotopic (exact) mass is 258 g/mol. The van der Waals surface area contributed by atoms with E-state index >= 15 is 0 Å². The Morgan fingerprint density at radius 3 is 2.78 bits per heavy atom. The van der Waals surface area contributed by atoms with Gasteiger partial charge in [0.2, 0.25) is 5.91 Å². The second-order valence-electron chi connectivity index (χ2n) is 4.57. The normalized spacial score (nSPS) is 19.6. The number of carbonyl (C=O) groups is 3. The summed E-state index contributed by atoms with van der Waals surface area (Å²) in [6, 6.07) is -0.990. The summed E-state index contributed by atoms with van der Waals surface area (Å²) in [5.74, 6) is -1.39. The first-order valence-electron chi connectivity index (χ1n) is 5.84. The fourth-order valence-corrected chi connectivity index (χ4v) is 1.62. The molecule has 1 fully saturated rings. The quantitative estimate of drug-likeness (QED) is 0.743. The number of nitrogens with one attached hydrogen (secondary N) is 1. The van der Waals surface area contributed by atoms with E-state index in [0.717, 1.165) is 0 Å². The van der Waals surface area contributed by atoms with Gasteiger partial charge < -0.3 is 15.2 Å². The van der Waals surface area contributed by atoms with E-state index in [-0.39, 0.29) is 19.1 Å². The van der Waals surface area contributed by atoms with Crippen LogP contribution in [0.5, 0.6) is 0 Å². The Morgan fingerprint density at radius 2 is 2.22 bits per heavy atom. The fourth-order valence-electron chi connectivity index (χ4n) is 1.62. The van der Waals surface area contributed by atoms with E-state index in [2.05, 4.69) is 5.32 Å². The molecule has 102 valence electrons. The van der Waals surface area contributed by atoms with E-state index in [9.17, 15) is 14.4 Å². The Labute approximate surface area is 105 Å². The van der Waals surface area contributed by atoms with Gasteiger partial charge >= 0.3 is 12.1 Å². The lowest BCUT2D eigenvalue weighted by Gasteiger charge is -2.33. The molecule has 2 amide bonds. The van der Waals surface area contributed by atoms with Crippen molar-refractivity contribution in [1.29, 1.82) is 0 Å². The van der Waals surface area contributed by atoms with Crippen LogP contribution in [0.25, 0.3) is 0 Å². The minimum absolute atomic E-state index is 0.186. The van der Waals surface area contributed by atoms with Crippen LogP contribution in [-0.4, -0.2) is 53.7 Å². The van der Waals surface area contributed by atoms with Gasteiger partial charge in [0.1, 0.15) is 6.04 Å². The summed E-state index contributed by atoms with van der Waals surface area (Å²) in [5.41, 5.74) is 0. The third-order valence-electron chi connectivity index (χ3n) is 2.47. The predicted octanol–water partition coefficient (Wildman–Crippen LogP) is 0.0541. The van der Waals surface area contributed by atoms with Crippen molar-refractivity contribution in [3.05, 3.63) is 0 Å². The number of carbonyl (C=O) groups excluding carboxylic acids is 2. The third kappa shape index (κ3) is 3.90. The van der Waals surface area contributed by atoms with Crippen molar-refractivity contribution in [3.63, 3.8) is 0 Å². The Bertz CT molecular complexity index is 342.